The maximum absolute atomic E-state index is 12.0. The highest BCUT2D eigenvalue weighted by molar-refractivity contribution is 6.34. The summed E-state index contributed by atoms with van der Waals surface area (Å²) in [5, 5.41) is 9.16. The van der Waals surface area contributed by atoms with Crippen LogP contribution in [-0.2, 0) is 0 Å². The largest absolute Gasteiger partial charge is 0.399 e. The van der Waals surface area contributed by atoms with Crippen molar-refractivity contribution >= 4 is 23.2 Å². The second-order valence-electron chi connectivity index (χ2n) is 3.35. The zero-order valence-electron chi connectivity index (χ0n) is 9.11. The molecule has 0 bridgehead atoms. The van der Waals surface area contributed by atoms with E-state index < -0.39 is 0 Å². The molecule has 5 heteroatoms. The van der Waals surface area contributed by atoms with Gasteiger partial charge in [0.2, 0.25) is 0 Å². The SMILES string of the molecule is CCN(CCO)C(=O)c1ccc(N)cc1Cl. The lowest BCUT2D eigenvalue weighted by molar-refractivity contribution is 0.0732. The van der Waals surface area contributed by atoms with E-state index in [9.17, 15) is 4.79 Å². The highest BCUT2D eigenvalue weighted by atomic mass is 35.5. The van der Waals surface area contributed by atoms with Crippen LogP contribution in [0.2, 0.25) is 5.02 Å². The third-order valence-corrected chi connectivity index (χ3v) is 2.58. The lowest BCUT2D eigenvalue weighted by Gasteiger charge is -2.20. The van der Waals surface area contributed by atoms with E-state index in [1.165, 1.54) is 4.90 Å². The van der Waals surface area contributed by atoms with Crippen molar-refractivity contribution in [3.05, 3.63) is 28.8 Å². The van der Waals surface area contributed by atoms with Gasteiger partial charge in [0.15, 0.2) is 0 Å². The number of hydrogen-bond acceptors (Lipinski definition) is 3. The smallest absolute Gasteiger partial charge is 0.255 e. The standard InChI is InChI=1S/C11H15ClN2O2/c1-2-14(5-6-15)11(16)9-4-3-8(13)7-10(9)12/h3-4,7,15H,2,5-6,13H2,1H3. The minimum Gasteiger partial charge on any atom is -0.399 e. The number of aliphatic hydroxyl groups excluding tert-OH is 1. The van der Waals surface area contributed by atoms with Crippen LogP contribution in [0.25, 0.3) is 0 Å². The van der Waals surface area contributed by atoms with Gasteiger partial charge >= 0.3 is 0 Å². The maximum Gasteiger partial charge on any atom is 0.255 e. The van der Waals surface area contributed by atoms with Crippen molar-refractivity contribution in [3.8, 4) is 0 Å². The molecule has 0 aliphatic rings. The molecule has 3 N–H and O–H groups in total. The molecule has 4 nitrogen and oxygen atoms in total. The Morgan fingerprint density at radius 1 is 1.56 bits per heavy atom. The van der Waals surface area contributed by atoms with E-state index in [0.717, 1.165) is 0 Å². The molecule has 0 saturated heterocycles. The van der Waals surface area contributed by atoms with Crippen molar-refractivity contribution in [2.24, 2.45) is 0 Å². The van der Waals surface area contributed by atoms with Crippen molar-refractivity contribution in [2.75, 3.05) is 25.4 Å². The molecule has 1 amide bonds. The summed E-state index contributed by atoms with van der Waals surface area (Å²) < 4.78 is 0. The number of nitrogen functional groups attached to an aromatic ring is 1. The van der Waals surface area contributed by atoms with Crippen molar-refractivity contribution < 1.29 is 9.90 Å². The fourth-order valence-electron chi connectivity index (χ4n) is 1.40. The van der Waals surface area contributed by atoms with E-state index in [0.29, 0.717) is 29.4 Å². The zero-order valence-corrected chi connectivity index (χ0v) is 9.87. The van der Waals surface area contributed by atoms with E-state index in [1.807, 2.05) is 6.92 Å². The summed E-state index contributed by atoms with van der Waals surface area (Å²) in [4.78, 5) is 13.5. The predicted octanol–water partition coefficient (Wildman–Crippen LogP) is 1.38. The first-order chi connectivity index (χ1) is 7.60. The van der Waals surface area contributed by atoms with Gasteiger partial charge in [0.1, 0.15) is 0 Å². The topological polar surface area (TPSA) is 66.6 Å². The highest BCUT2D eigenvalue weighted by Gasteiger charge is 2.16. The van der Waals surface area contributed by atoms with Crippen molar-refractivity contribution in [1.29, 1.82) is 0 Å². The molecule has 0 aromatic heterocycles. The lowest BCUT2D eigenvalue weighted by atomic mass is 10.2. The molecule has 16 heavy (non-hydrogen) atoms. The summed E-state index contributed by atoms with van der Waals surface area (Å²) in [6.45, 7) is 2.61. The molecule has 1 rings (SSSR count). The second-order valence-corrected chi connectivity index (χ2v) is 3.75. The van der Waals surface area contributed by atoms with E-state index in [4.69, 9.17) is 22.4 Å². The number of carbonyl (C=O) groups excluding carboxylic acids is 1. The molecule has 1 aromatic rings. The van der Waals surface area contributed by atoms with Gasteiger partial charge in [-0.3, -0.25) is 4.79 Å². The Labute approximate surface area is 99.6 Å². The van der Waals surface area contributed by atoms with Gasteiger partial charge in [0, 0.05) is 18.8 Å². The number of amides is 1. The first-order valence-corrected chi connectivity index (χ1v) is 5.43. The van der Waals surface area contributed by atoms with Crippen LogP contribution in [0.1, 0.15) is 17.3 Å². The monoisotopic (exact) mass is 242 g/mol. The fourth-order valence-corrected chi connectivity index (χ4v) is 1.67. The van der Waals surface area contributed by atoms with Crippen LogP contribution in [0.15, 0.2) is 18.2 Å². The number of aliphatic hydroxyl groups is 1. The summed E-state index contributed by atoms with van der Waals surface area (Å²) >= 11 is 5.94. The van der Waals surface area contributed by atoms with Crippen LogP contribution in [0.3, 0.4) is 0 Å². The Balaban J connectivity index is 2.94. The van der Waals surface area contributed by atoms with Crippen LogP contribution in [0.5, 0.6) is 0 Å². The summed E-state index contributed by atoms with van der Waals surface area (Å²) in [6.07, 6.45) is 0. The van der Waals surface area contributed by atoms with Gasteiger partial charge in [-0.25, -0.2) is 0 Å². The minimum absolute atomic E-state index is 0.0633. The van der Waals surface area contributed by atoms with Gasteiger partial charge in [-0.1, -0.05) is 11.6 Å². The summed E-state index contributed by atoms with van der Waals surface area (Å²) in [7, 11) is 0. The van der Waals surface area contributed by atoms with E-state index in [-0.39, 0.29) is 12.5 Å². The van der Waals surface area contributed by atoms with E-state index >= 15 is 0 Å². The Morgan fingerprint density at radius 2 is 2.25 bits per heavy atom. The molecule has 0 radical (unpaired) electrons. The Bertz CT molecular complexity index is 382. The quantitative estimate of drug-likeness (QED) is 0.784. The van der Waals surface area contributed by atoms with Crippen LogP contribution >= 0.6 is 11.6 Å². The molecule has 0 saturated carbocycles. The molecular weight excluding hydrogens is 228 g/mol. The van der Waals surface area contributed by atoms with Gasteiger partial charge < -0.3 is 15.7 Å². The third-order valence-electron chi connectivity index (χ3n) is 2.26. The molecule has 1 aromatic carbocycles. The van der Waals surface area contributed by atoms with Gasteiger partial charge in [-0.2, -0.15) is 0 Å². The first kappa shape index (κ1) is 12.8. The molecule has 0 unspecified atom stereocenters. The van der Waals surface area contributed by atoms with Crippen LogP contribution in [-0.4, -0.2) is 35.6 Å². The predicted molar refractivity (Wildman–Crippen MR) is 64.5 cm³/mol. The Hall–Kier alpha value is -1.26. The van der Waals surface area contributed by atoms with Crippen molar-refractivity contribution in [2.45, 2.75) is 6.92 Å². The normalized spacial score (nSPS) is 10.2. The number of rotatable bonds is 4. The van der Waals surface area contributed by atoms with Crippen LogP contribution in [0, 0.1) is 0 Å². The summed E-state index contributed by atoms with van der Waals surface area (Å²) in [5.74, 6) is -0.193. The number of nitrogens with two attached hydrogens (primary N) is 1. The molecule has 0 aliphatic heterocycles. The summed E-state index contributed by atoms with van der Waals surface area (Å²) in [5.41, 5.74) is 6.47. The Kier molecular flexibility index (Phi) is 4.58. The average molecular weight is 243 g/mol. The molecule has 0 aliphatic carbocycles. The average Bonchev–Trinajstić information content (AvgIpc) is 2.25. The number of carbonyl (C=O) groups is 1. The second kappa shape index (κ2) is 5.72. The summed E-state index contributed by atoms with van der Waals surface area (Å²) in [6, 6.07) is 4.77. The lowest BCUT2D eigenvalue weighted by Crippen LogP contribution is -2.33. The molecule has 0 atom stereocenters. The number of nitrogens with zero attached hydrogens (tertiary/aromatic N) is 1. The first-order valence-electron chi connectivity index (χ1n) is 5.05. The number of anilines is 1. The molecule has 0 heterocycles. The minimum atomic E-state index is -0.193. The molecule has 0 spiro atoms. The maximum atomic E-state index is 12.0. The number of likely N-dealkylation sites (N-methyl/N-ethyl adjacent to an activating group) is 1. The third kappa shape index (κ3) is 2.87. The van der Waals surface area contributed by atoms with Gasteiger partial charge in [-0.15, -0.1) is 0 Å². The fraction of sp³-hybridized carbons (Fsp3) is 0.364. The Morgan fingerprint density at radius 3 is 2.75 bits per heavy atom. The van der Waals surface area contributed by atoms with Crippen LogP contribution in [0.4, 0.5) is 5.69 Å². The molecular formula is C11H15ClN2O2. The van der Waals surface area contributed by atoms with E-state index in [1.54, 1.807) is 18.2 Å². The molecule has 88 valence electrons. The van der Waals surface area contributed by atoms with Gasteiger partial charge in [0.05, 0.1) is 17.2 Å². The van der Waals surface area contributed by atoms with E-state index in [2.05, 4.69) is 0 Å². The van der Waals surface area contributed by atoms with Gasteiger partial charge in [0.25, 0.3) is 5.91 Å². The van der Waals surface area contributed by atoms with Crippen molar-refractivity contribution in [1.82, 2.24) is 4.90 Å². The van der Waals surface area contributed by atoms with Crippen LogP contribution < -0.4 is 5.73 Å². The zero-order chi connectivity index (χ0) is 12.1. The number of hydrogen-bond donors (Lipinski definition) is 2. The highest BCUT2D eigenvalue weighted by Crippen LogP contribution is 2.20. The van der Waals surface area contributed by atoms with Gasteiger partial charge in [-0.05, 0) is 25.1 Å². The number of halogens is 1. The number of benzene rings is 1. The van der Waals surface area contributed by atoms with Crippen molar-refractivity contribution in [3.63, 3.8) is 0 Å². The molecule has 0 fully saturated rings.